The Morgan fingerprint density at radius 2 is 1.65 bits per heavy atom. The van der Waals surface area contributed by atoms with Crippen LogP contribution in [-0.2, 0) is 12.8 Å². The van der Waals surface area contributed by atoms with Crippen molar-refractivity contribution in [3.05, 3.63) is 80.5 Å². The molecule has 2 N–H and O–H groups in total. The highest BCUT2D eigenvalue weighted by Crippen LogP contribution is 2.39. The summed E-state index contributed by atoms with van der Waals surface area (Å²) >= 11 is 2.86. The number of nitriles is 1. The van der Waals surface area contributed by atoms with E-state index in [0.717, 1.165) is 48.1 Å². The standard InChI is InChI=1S/C27H24N4OS2/c1-16-7-11-18(12-8-16)23-24(34-27(30-23)29-19-13-9-17(2)10-14-19)25(32)31-26-21(15-28)20-5-3-4-6-22(20)33-26/h7-14H,3-6H2,1-2H3,(H,29,30)(H,31,32). The molecular formula is C27H24N4OS2. The van der Waals surface area contributed by atoms with Gasteiger partial charge in [0.15, 0.2) is 5.13 Å². The number of carbonyl (C=O) groups is 1. The highest BCUT2D eigenvalue weighted by atomic mass is 32.1. The van der Waals surface area contributed by atoms with Gasteiger partial charge in [0.1, 0.15) is 15.9 Å². The van der Waals surface area contributed by atoms with Crippen LogP contribution >= 0.6 is 22.7 Å². The Bertz CT molecular complexity index is 1390. The van der Waals surface area contributed by atoms with Crippen LogP contribution in [0, 0.1) is 25.2 Å². The third-order valence-electron chi connectivity index (χ3n) is 5.97. The van der Waals surface area contributed by atoms with E-state index in [0.29, 0.717) is 26.3 Å². The van der Waals surface area contributed by atoms with E-state index in [-0.39, 0.29) is 5.91 Å². The van der Waals surface area contributed by atoms with Crippen LogP contribution in [0.25, 0.3) is 11.3 Å². The molecule has 4 aromatic rings. The second kappa shape index (κ2) is 9.41. The SMILES string of the molecule is Cc1ccc(Nc2nc(-c3ccc(C)cc3)c(C(=O)Nc3sc4c(c3C#N)CCCC4)s2)cc1. The van der Waals surface area contributed by atoms with Gasteiger partial charge in [-0.1, -0.05) is 58.9 Å². The second-order valence-electron chi connectivity index (χ2n) is 8.53. The number of benzene rings is 2. The number of hydrogen-bond acceptors (Lipinski definition) is 6. The highest BCUT2D eigenvalue weighted by molar-refractivity contribution is 7.19. The smallest absolute Gasteiger partial charge is 0.268 e. The zero-order valence-electron chi connectivity index (χ0n) is 19.1. The van der Waals surface area contributed by atoms with E-state index >= 15 is 0 Å². The monoisotopic (exact) mass is 484 g/mol. The lowest BCUT2D eigenvalue weighted by Crippen LogP contribution is -2.11. The molecule has 0 aliphatic heterocycles. The molecule has 0 unspecified atom stereocenters. The van der Waals surface area contributed by atoms with Crippen molar-refractivity contribution in [2.75, 3.05) is 10.6 Å². The van der Waals surface area contributed by atoms with Crippen LogP contribution in [0.2, 0.25) is 0 Å². The van der Waals surface area contributed by atoms with Gasteiger partial charge in [-0.25, -0.2) is 4.98 Å². The van der Waals surface area contributed by atoms with Crippen LogP contribution in [0.15, 0.2) is 48.5 Å². The summed E-state index contributed by atoms with van der Waals surface area (Å²) < 4.78 is 0. The maximum Gasteiger partial charge on any atom is 0.268 e. The van der Waals surface area contributed by atoms with Gasteiger partial charge in [0.25, 0.3) is 5.91 Å². The molecule has 2 heterocycles. The van der Waals surface area contributed by atoms with Gasteiger partial charge in [-0.15, -0.1) is 11.3 Å². The molecule has 0 bridgehead atoms. The number of nitrogens with one attached hydrogen (secondary N) is 2. The van der Waals surface area contributed by atoms with E-state index in [4.69, 9.17) is 4.98 Å². The van der Waals surface area contributed by atoms with E-state index in [9.17, 15) is 10.1 Å². The molecule has 1 aliphatic carbocycles. The number of rotatable bonds is 5. The number of aromatic nitrogens is 1. The fraction of sp³-hybridized carbons (Fsp3) is 0.222. The van der Waals surface area contributed by atoms with Crippen molar-refractivity contribution in [1.82, 2.24) is 4.98 Å². The molecule has 170 valence electrons. The number of fused-ring (bicyclic) bond motifs is 1. The van der Waals surface area contributed by atoms with Crippen molar-refractivity contribution in [3.63, 3.8) is 0 Å². The fourth-order valence-corrected chi connectivity index (χ4v) is 6.26. The molecule has 34 heavy (non-hydrogen) atoms. The molecule has 1 amide bonds. The van der Waals surface area contributed by atoms with E-state index < -0.39 is 0 Å². The van der Waals surface area contributed by atoms with Crippen LogP contribution < -0.4 is 10.6 Å². The quantitative estimate of drug-likeness (QED) is 0.313. The maximum absolute atomic E-state index is 13.5. The van der Waals surface area contributed by atoms with Crippen molar-refractivity contribution >= 4 is 44.4 Å². The van der Waals surface area contributed by atoms with Crippen molar-refractivity contribution in [2.45, 2.75) is 39.5 Å². The van der Waals surface area contributed by atoms with Gasteiger partial charge in [0.2, 0.25) is 0 Å². The third-order valence-corrected chi connectivity index (χ3v) is 8.15. The van der Waals surface area contributed by atoms with Crippen LogP contribution in [0.1, 0.15) is 49.6 Å². The van der Waals surface area contributed by atoms with E-state index in [1.54, 1.807) is 0 Å². The second-order valence-corrected chi connectivity index (χ2v) is 10.6. The summed E-state index contributed by atoms with van der Waals surface area (Å²) in [6, 6.07) is 18.4. The Morgan fingerprint density at radius 3 is 2.35 bits per heavy atom. The summed E-state index contributed by atoms with van der Waals surface area (Å²) in [5.74, 6) is -0.236. The summed E-state index contributed by atoms with van der Waals surface area (Å²) in [4.78, 5) is 20.0. The third kappa shape index (κ3) is 4.47. The minimum absolute atomic E-state index is 0.236. The largest absolute Gasteiger partial charge is 0.332 e. The molecular weight excluding hydrogens is 460 g/mol. The molecule has 1 aliphatic rings. The number of thiazole rings is 1. The van der Waals surface area contributed by atoms with Crippen LogP contribution in [0.3, 0.4) is 0 Å². The van der Waals surface area contributed by atoms with Crippen LogP contribution in [0.5, 0.6) is 0 Å². The molecule has 0 saturated heterocycles. The zero-order chi connectivity index (χ0) is 23.7. The minimum atomic E-state index is -0.236. The number of carbonyl (C=O) groups excluding carboxylic acids is 1. The number of thiophene rings is 1. The van der Waals surface area contributed by atoms with Gasteiger partial charge in [0, 0.05) is 16.1 Å². The van der Waals surface area contributed by atoms with Gasteiger partial charge in [-0.05, 0) is 57.2 Å². The predicted octanol–water partition coefficient (Wildman–Crippen LogP) is 7.23. The summed E-state index contributed by atoms with van der Waals surface area (Å²) in [6.07, 6.45) is 4.10. The Balaban J connectivity index is 1.50. The minimum Gasteiger partial charge on any atom is -0.332 e. The van der Waals surface area contributed by atoms with Gasteiger partial charge < -0.3 is 10.6 Å². The Kier molecular flexibility index (Phi) is 6.18. The molecule has 7 heteroatoms. The lowest BCUT2D eigenvalue weighted by atomic mass is 9.96. The van der Waals surface area contributed by atoms with Gasteiger partial charge in [-0.2, -0.15) is 5.26 Å². The summed E-state index contributed by atoms with van der Waals surface area (Å²) in [5.41, 5.74) is 6.49. The molecule has 5 rings (SSSR count). The number of anilines is 3. The lowest BCUT2D eigenvalue weighted by molar-refractivity contribution is 0.103. The van der Waals surface area contributed by atoms with Crippen LogP contribution in [0.4, 0.5) is 15.8 Å². The molecule has 0 saturated carbocycles. The average molecular weight is 485 g/mol. The molecule has 5 nitrogen and oxygen atoms in total. The zero-order valence-corrected chi connectivity index (χ0v) is 20.7. The van der Waals surface area contributed by atoms with E-state index in [1.165, 1.54) is 33.1 Å². The number of amides is 1. The highest BCUT2D eigenvalue weighted by Gasteiger charge is 2.25. The average Bonchev–Trinajstić information content (AvgIpc) is 3.42. The van der Waals surface area contributed by atoms with Crippen molar-refractivity contribution in [1.29, 1.82) is 5.26 Å². The van der Waals surface area contributed by atoms with Gasteiger partial charge in [-0.3, -0.25) is 4.79 Å². The molecule has 0 fully saturated rings. The van der Waals surface area contributed by atoms with E-state index in [2.05, 4.69) is 16.7 Å². The van der Waals surface area contributed by atoms with Crippen molar-refractivity contribution < 1.29 is 4.79 Å². The van der Waals surface area contributed by atoms with Crippen molar-refractivity contribution in [3.8, 4) is 17.3 Å². The molecule has 0 atom stereocenters. The van der Waals surface area contributed by atoms with Crippen LogP contribution in [-0.4, -0.2) is 10.9 Å². The Morgan fingerprint density at radius 1 is 0.971 bits per heavy atom. The van der Waals surface area contributed by atoms with Gasteiger partial charge in [0.05, 0.1) is 11.3 Å². The lowest BCUT2D eigenvalue weighted by Gasteiger charge is -2.09. The van der Waals surface area contributed by atoms with E-state index in [1.807, 2.05) is 62.4 Å². The first-order valence-electron chi connectivity index (χ1n) is 11.3. The predicted molar refractivity (Wildman–Crippen MR) is 140 cm³/mol. The number of nitrogens with zero attached hydrogens (tertiary/aromatic N) is 2. The normalized spacial score (nSPS) is 12.6. The van der Waals surface area contributed by atoms with Crippen molar-refractivity contribution in [2.24, 2.45) is 0 Å². The number of hydrogen-bond donors (Lipinski definition) is 2. The first-order chi connectivity index (χ1) is 16.5. The molecule has 2 aromatic carbocycles. The number of aryl methyl sites for hydroxylation is 3. The first-order valence-corrected chi connectivity index (χ1v) is 12.9. The Hall–Kier alpha value is -3.47. The fourth-order valence-electron chi connectivity index (χ4n) is 4.13. The first kappa shape index (κ1) is 22.3. The Labute approximate surface area is 207 Å². The molecule has 0 radical (unpaired) electrons. The summed E-state index contributed by atoms with van der Waals surface area (Å²) in [5, 5.41) is 17.4. The molecule has 2 aromatic heterocycles. The van der Waals surface area contributed by atoms with Gasteiger partial charge >= 0.3 is 0 Å². The summed E-state index contributed by atoms with van der Waals surface area (Å²) in [7, 11) is 0. The topological polar surface area (TPSA) is 77.8 Å². The summed E-state index contributed by atoms with van der Waals surface area (Å²) in [6.45, 7) is 4.08. The maximum atomic E-state index is 13.5. The molecule has 0 spiro atoms.